The van der Waals surface area contributed by atoms with Crippen molar-refractivity contribution in [3.8, 4) is 23.0 Å². The van der Waals surface area contributed by atoms with Gasteiger partial charge in [0.15, 0.2) is 0 Å². The molecule has 2 aromatic carbocycles. The van der Waals surface area contributed by atoms with Crippen LogP contribution in [0.25, 0.3) is 0 Å². The van der Waals surface area contributed by atoms with Crippen LogP contribution in [-0.2, 0) is 12.8 Å². The Bertz CT molecular complexity index is 712. The first-order valence-corrected chi connectivity index (χ1v) is 11.5. The molecule has 4 nitrogen and oxygen atoms in total. The van der Waals surface area contributed by atoms with Crippen molar-refractivity contribution in [2.75, 3.05) is 0 Å². The van der Waals surface area contributed by atoms with E-state index in [-0.39, 0.29) is 23.0 Å². The molecule has 4 heteroatoms. The smallest absolute Gasteiger partial charge is 0.122 e. The number of phenolic OH excluding ortho intramolecular Hbond substituents is 4. The molecule has 0 aliphatic rings. The summed E-state index contributed by atoms with van der Waals surface area (Å²) in [7, 11) is 0. The Balaban J connectivity index is 0.000000303. The quantitative estimate of drug-likeness (QED) is 0.275. The summed E-state index contributed by atoms with van der Waals surface area (Å²) in [6.45, 7) is 4.40. The van der Waals surface area contributed by atoms with Crippen molar-refractivity contribution >= 4 is 0 Å². The van der Waals surface area contributed by atoms with Crippen LogP contribution in [0.1, 0.15) is 89.2 Å². The molecule has 168 valence electrons. The standard InChI is InChI=1S/C14H22O2.C12H18O2/c1-2-3-4-5-6-7-8-12-9-10-13(15)11-14(12)16;1-2-3-4-5-6-10-7-8-11(13)9-12(10)14/h9-11,15-16H,2-8H2,1H3;7-9,13-14H,2-6H2,1H3. The van der Waals surface area contributed by atoms with Gasteiger partial charge in [0.1, 0.15) is 23.0 Å². The summed E-state index contributed by atoms with van der Waals surface area (Å²) < 4.78 is 0. The first-order valence-electron chi connectivity index (χ1n) is 11.5. The largest absolute Gasteiger partial charge is 0.508 e. The minimum atomic E-state index is 0.125. The Hall–Kier alpha value is -2.36. The maximum atomic E-state index is 9.57. The Morgan fingerprint density at radius 2 is 0.867 bits per heavy atom. The lowest BCUT2D eigenvalue weighted by Gasteiger charge is -2.05. The van der Waals surface area contributed by atoms with E-state index in [1.165, 1.54) is 63.5 Å². The molecular weight excluding hydrogens is 376 g/mol. The second kappa shape index (κ2) is 15.5. The second-order valence-corrected chi connectivity index (χ2v) is 7.95. The highest BCUT2D eigenvalue weighted by Gasteiger charge is 2.02. The predicted octanol–water partition coefficient (Wildman–Crippen LogP) is 7.22. The highest BCUT2D eigenvalue weighted by molar-refractivity contribution is 5.39. The van der Waals surface area contributed by atoms with Gasteiger partial charge < -0.3 is 20.4 Å². The zero-order chi connectivity index (χ0) is 22.2. The normalized spacial score (nSPS) is 10.5. The van der Waals surface area contributed by atoms with Crippen LogP contribution in [0, 0.1) is 0 Å². The predicted molar refractivity (Wildman–Crippen MR) is 124 cm³/mol. The van der Waals surface area contributed by atoms with E-state index in [2.05, 4.69) is 13.8 Å². The van der Waals surface area contributed by atoms with Gasteiger partial charge in [0.25, 0.3) is 0 Å². The van der Waals surface area contributed by atoms with E-state index in [0.29, 0.717) is 0 Å². The van der Waals surface area contributed by atoms with Gasteiger partial charge in [-0.05, 0) is 48.9 Å². The molecule has 2 aromatic rings. The molecule has 2 rings (SSSR count). The molecule has 30 heavy (non-hydrogen) atoms. The number of phenols is 4. The van der Waals surface area contributed by atoms with Gasteiger partial charge in [-0.2, -0.15) is 0 Å². The summed E-state index contributed by atoms with van der Waals surface area (Å²) in [6, 6.07) is 9.65. The first-order chi connectivity index (χ1) is 14.5. The van der Waals surface area contributed by atoms with Crippen LogP contribution in [0.15, 0.2) is 36.4 Å². The third-order valence-corrected chi connectivity index (χ3v) is 5.24. The summed E-state index contributed by atoms with van der Waals surface area (Å²) in [5.41, 5.74) is 1.87. The van der Waals surface area contributed by atoms with Crippen LogP contribution in [0.4, 0.5) is 0 Å². The van der Waals surface area contributed by atoms with Crippen molar-refractivity contribution < 1.29 is 20.4 Å². The molecule has 0 fully saturated rings. The molecule has 0 aliphatic heterocycles. The van der Waals surface area contributed by atoms with E-state index < -0.39 is 0 Å². The van der Waals surface area contributed by atoms with Crippen LogP contribution in [-0.4, -0.2) is 20.4 Å². The molecule has 4 N–H and O–H groups in total. The average molecular weight is 417 g/mol. The number of unbranched alkanes of at least 4 members (excludes halogenated alkanes) is 8. The summed E-state index contributed by atoms with van der Waals surface area (Å²) in [5.74, 6) is 0.680. The van der Waals surface area contributed by atoms with Crippen LogP contribution >= 0.6 is 0 Å². The number of hydrogen-bond donors (Lipinski definition) is 4. The Kier molecular flexibility index (Phi) is 13.2. The average Bonchev–Trinajstić information content (AvgIpc) is 2.71. The molecular formula is C26H40O4. The third-order valence-electron chi connectivity index (χ3n) is 5.24. The molecule has 0 saturated carbocycles. The lowest BCUT2D eigenvalue weighted by molar-refractivity contribution is 0.444. The van der Waals surface area contributed by atoms with Gasteiger partial charge in [-0.1, -0.05) is 77.3 Å². The van der Waals surface area contributed by atoms with E-state index in [9.17, 15) is 10.2 Å². The van der Waals surface area contributed by atoms with Crippen molar-refractivity contribution in [3.63, 3.8) is 0 Å². The molecule has 0 unspecified atom stereocenters. The molecule has 0 radical (unpaired) electrons. The van der Waals surface area contributed by atoms with Gasteiger partial charge in [-0.25, -0.2) is 0 Å². The Morgan fingerprint density at radius 3 is 1.27 bits per heavy atom. The minimum Gasteiger partial charge on any atom is -0.508 e. The van der Waals surface area contributed by atoms with Crippen molar-refractivity contribution in [1.82, 2.24) is 0 Å². The zero-order valence-electron chi connectivity index (χ0n) is 18.7. The highest BCUT2D eigenvalue weighted by Crippen LogP contribution is 2.25. The Labute approximate surface area is 182 Å². The molecule has 0 atom stereocenters. The minimum absolute atomic E-state index is 0.125. The number of aromatic hydroxyl groups is 4. The van der Waals surface area contributed by atoms with E-state index in [4.69, 9.17) is 10.2 Å². The Morgan fingerprint density at radius 1 is 0.500 bits per heavy atom. The van der Waals surface area contributed by atoms with Gasteiger partial charge >= 0.3 is 0 Å². The topological polar surface area (TPSA) is 80.9 Å². The molecule has 0 heterocycles. The van der Waals surface area contributed by atoms with E-state index >= 15 is 0 Å². The van der Waals surface area contributed by atoms with Crippen molar-refractivity contribution in [2.45, 2.75) is 90.9 Å². The van der Waals surface area contributed by atoms with Gasteiger partial charge in [-0.15, -0.1) is 0 Å². The maximum absolute atomic E-state index is 9.57. The highest BCUT2D eigenvalue weighted by atomic mass is 16.3. The van der Waals surface area contributed by atoms with Gasteiger partial charge in [0, 0.05) is 12.1 Å². The fraction of sp³-hybridized carbons (Fsp3) is 0.538. The lowest BCUT2D eigenvalue weighted by Crippen LogP contribution is -1.87. The second-order valence-electron chi connectivity index (χ2n) is 7.95. The molecule has 0 spiro atoms. The van der Waals surface area contributed by atoms with Crippen LogP contribution in [0.2, 0.25) is 0 Å². The van der Waals surface area contributed by atoms with Gasteiger partial charge in [0.05, 0.1) is 0 Å². The number of aryl methyl sites for hydroxylation is 2. The van der Waals surface area contributed by atoms with Gasteiger partial charge in [-0.3, -0.25) is 0 Å². The third kappa shape index (κ3) is 11.0. The number of benzene rings is 2. The van der Waals surface area contributed by atoms with Crippen LogP contribution in [0.5, 0.6) is 23.0 Å². The van der Waals surface area contributed by atoms with Crippen LogP contribution in [0.3, 0.4) is 0 Å². The monoisotopic (exact) mass is 416 g/mol. The fourth-order valence-corrected chi connectivity index (χ4v) is 3.37. The molecule has 0 bridgehead atoms. The summed E-state index contributed by atoms with van der Waals surface area (Å²) in [5, 5.41) is 37.3. The molecule has 0 saturated heterocycles. The molecule has 0 aliphatic carbocycles. The van der Waals surface area contributed by atoms with E-state index in [1.807, 2.05) is 0 Å². The van der Waals surface area contributed by atoms with E-state index in [1.54, 1.807) is 24.3 Å². The zero-order valence-corrected chi connectivity index (χ0v) is 18.7. The summed E-state index contributed by atoms with van der Waals surface area (Å²) >= 11 is 0. The number of rotatable bonds is 12. The van der Waals surface area contributed by atoms with E-state index in [0.717, 1.165) is 36.8 Å². The van der Waals surface area contributed by atoms with Crippen LogP contribution < -0.4 is 0 Å². The van der Waals surface area contributed by atoms with Crippen molar-refractivity contribution in [2.24, 2.45) is 0 Å². The summed E-state index contributed by atoms with van der Waals surface area (Å²) in [6.07, 6.45) is 14.1. The maximum Gasteiger partial charge on any atom is 0.122 e. The fourth-order valence-electron chi connectivity index (χ4n) is 3.37. The SMILES string of the molecule is CCCCCCCCc1ccc(O)cc1O.CCCCCCc1ccc(O)cc1O. The first kappa shape index (κ1) is 25.7. The molecule has 0 aromatic heterocycles. The van der Waals surface area contributed by atoms with Gasteiger partial charge in [0.2, 0.25) is 0 Å². The number of hydrogen-bond acceptors (Lipinski definition) is 4. The summed E-state index contributed by atoms with van der Waals surface area (Å²) in [4.78, 5) is 0. The van der Waals surface area contributed by atoms with Crippen molar-refractivity contribution in [3.05, 3.63) is 47.5 Å². The van der Waals surface area contributed by atoms with Crippen molar-refractivity contribution in [1.29, 1.82) is 0 Å². The molecule has 0 amide bonds. The lowest BCUT2D eigenvalue weighted by atomic mass is 10.0.